The van der Waals surface area contributed by atoms with E-state index in [1.54, 1.807) is 0 Å². The van der Waals surface area contributed by atoms with Crippen LogP contribution >= 0.6 is 0 Å². The molecule has 94 valence electrons. The first-order valence-corrected chi connectivity index (χ1v) is 4.96. The zero-order valence-electron chi connectivity index (χ0n) is 9.23. The van der Waals surface area contributed by atoms with Crippen molar-refractivity contribution in [2.24, 2.45) is 0 Å². The number of carbonyl (C=O) groups is 1. The van der Waals surface area contributed by atoms with Crippen molar-refractivity contribution in [1.82, 2.24) is 4.90 Å². The second-order valence-corrected chi connectivity index (χ2v) is 3.62. The Morgan fingerprint density at radius 2 is 2.06 bits per heavy atom. The molecule has 0 aliphatic carbocycles. The molecule has 0 spiro atoms. The number of aliphatic hydroxyl groups excluding tert-OH is 1. The van der Waals surface area contributed by atoms with Crippen molar-refractivity contribution < 1.29 is 23.8 Å². The number of carboxylic acid groups (broad SMARTS) is 1. The summed E-state index contributed by atoms with van der Waals surface area (Å²) in [7, 11) is 1.48. The number of nitrogens with zero attached hydrogens (tertiary/aromatic N) is 1. The lowest BCUT2D eigenvalue weighted by Gasteiger charge is -2.24. The van der Waals surface area contributed by atoms with E-state index in [2.05, 4.69) is 0 Å². The van der Waals surface area contributed by atoms with E-state index in [-0.39, 0.29) is 18.7 Å². The molecule has 2 N–H and O–H groups in total. The molecule has 1 atom stereocenters. The Labute approximate surface area is 97.1 Å². The third-order valence-corrected chi connectivity index (χ3v) is 2.39. The van der Waals surface area contributed by atoms with Crippen molar-refractivity contribution in [2.45, 2.75) is 6.04 Å². The number of benzene rings is 1. The highest BCUT2D eigenvalue weighted by Gasteiger charge is 2.25. The first-order chi connectivity index (χ1) is 7.97. The smallest absolute Gasteiger partial charge is 0.325 e. The van der Waals surface area contributed by atoms with Crippen molar-refractivity contribution in [3.63, 3.8) is 0 Å². The maximum atomic E-state index is 13.0. The number of carboxylic acids is 1. The first kappa shape index (κ1) is 13.5. The molecular weight excluding hydrogens is 232 g/mol. The Morgan fingerprint density at radius 1 is 1.41 bits per heavy atom. The van der Waals surface area contributed by atoms with E-state index in [9.17, 15) is 13.6 Å². The van der Waals surface area contributed by atoms with Gasteiger partial charge in [0, 0.05) is 6.54 Å². The largest absolute Gasteiger partial charge is 0.480 e. The van der Waals surface area contributed by atoms with Crippen LogP contribution in [0.1, 0.15) is 11.6 Å². The Balaban J connectivity index is 3.05. The molecule has 0 bridgehead atoms. The number of aliphatic hydroxyl groups is 1. The predicted molar refractivity (Wildman–Crippen MR) is 56.5 cm³/mol. The molecule has 0 saturated heterocycles. The van der Waals surface area contributed by atoms with Crippen LogP contribution in [0, 0.1) is 11.6 Å². The fraction of sp³-hybridized carbons (Fsp3) is 0.364. The fourth-order valence-electron chi connectivity index (χ4n) is 1.55. The van der Waals surface area contributed by atoms with Crippen molar-refractivity contribution in [1.29, 1.82) is 0 Å². The van der Waals surface area contributed by atoms with Crippen LogP contribution in [-0.2, 0) is 4.79 Å². The highest BCUT2D eigenvalue weighted by molar-refractivity contribution is 5.75. The number of halogens is 2. The summed E-state index contributed by atoms with van der Waals surface area (Å²) in [4.78, 5) is 12.4. The van der Waals surface area contributed by atoms with Crippen LogP contribution in [0.15, 0.2) is 18.2 Å². The standard InChI is InChI=1S/C11H13F2NO3/c1-14(4-5-15)10(11(16)17)7-2-3-8(12)9(13)6-7/h2-3,6,10,15H,4-5H2,1H3,(H,16,17). The van der Waals surface area contributed by atoms with E-state index in [0.717, 1.165) is 12.1 Å². The maximum Gasteiger partial charge on any atom is 0.325 e. The summed E-state index contributed by atoms with van der Waals surface area (Å²) in [5.74, 6) is -3.30. The summed E-state index contributed by atoms with van der Waals surface area (Å²) < 4.78 is 25.8. The van der Waals surface area contributed by atoms with Gasteiger partial charge in [0.2, 0.25) is 0 Å². The van der Waals surface area contributed by atoms with Crippen molar-refractivity contribution in [3.8, 4) is 0 Å². The van der Waals surface area contributed by atoms with Gasteiger partial charge in [-0.25, -0.2) is 8.78 Å². The molecule has 4 nitrogen and oxygen atoms in total. The zero-order chi connectivity index (χ0) is 13.0. The van der Waals surface area contributed by atoms with Gasteiger partial charge in [-0.05, 0) is 24.7 Å². The summed E-state index contributed by atoms with van der Waals surface area (Å²) >= 11 is 0. The molecule has 0 radical (unpaired) electrons. The number of rotatable bonds is 5. The average Bonchev–Trinajstić information content (AvgIpc) is 2.23. The van der Waals surface area contributed by atoms with Gasteiger partial charge in [0.1, 0.15) is 6.04 Å². The van der Waals surface area contributed by atoms with Crippen molar-refractivity contribution in [2.75, 3.05) is 20.2 Å². The Hall–Kier alpha value is -1.53. The van der Waals surface area contributed by atoms with Gasteiger partial charge in [-0.1, -0.05) is 6.07 Å². The van der Waals surface area contributed by atoms with Gasteiger partial charge >= 0.3 is 5.97 Å². The van der Waals surface area contributed by atoms with Crippen LogP contribution in [0.3, 0.4) is 0 Å². The lowest BCUT2D eigenvalue weighted by Crippen LogP contribution is -2.33. The molecule has 1 aromatic rings. The van der Waals surface area contributed by atoms with Crippen LogP contribution in [-0.4, -0.2) is 41.3 Å². The van der Waals surface area contributed by atoms with Gasteiger partial charge in [-0.2, -0.15) is 0 Å². The molecule has 17 heavy (non-hydrogen) atoms. The summed E-state index contributed by atoms with van der Waals surface area (Å²) in [5.41, 5.74) is 0.132. The summed E-state index contributed by atoms with van der Waals surface area (Å²) in [6.45, 7) is -0.0973. The molecule has 1 aromatic carbocycles. The van der Waals surface area contributed by atoms with E-state index in [4.69, 9.17) is 10.2 Å². The molecule has 0 aromatic heterocycles. The minimum atomic E-state index is -1.19. The number of hydrogen-bond acceptors (Lipinski definition) is 3. The molecule has 0 amide bonds. The second-order valence-electron chi connectivity index (χ2n) is 3.62. The summed E-state index contributed by atoms with van der Waals surface area (Å²) in [5, 5.41) is 17.8. The van der Waals surface area contributed by atoms with Crippen LogP contribution in [0.5, 0.6) is 0 Å². The zero-order valence-corrected chi connectivity index (χ0v) is 9.23. The van der Waals surface area contributed by atoms with Gasteiger partial charge in [0.05, 0.1) is 6.61 Å². The third kappa shape index (κ3) is 3.21. The molecule has 1 rings (SSSR count). The average molecular weight is 245 g/mol. The topological polar surface area (TPSA) is 60.8 Å². The number of hydrogen-bond donors (Lipinski definition) is 2. The molecule has 0 heterocycles. The predicted octanol–water partition coefficient (Wildman–Crippen LogP) is 1.01. The maximum absolute atomic E-state index is 13.0. The van der Waals surface area contributed by atoms with Crippen LogP contribution in [0.2, 0.25) is 0 Å². The molecule has 1 unspecified atom stereocenters. The molecule has 0 fully saturated rings. The first-order valence-electron chi connectivity index (χ1n) is 4.96. The van der Waals surface area contributed by atoms with Gasteiger partial charge < -0.3 is 10.2 Å². The monoisotopic (exact) mass is 245 g/mol. The lowest BCUT2D eigenvalue weighted by molar-refractivity contribution is -0.143. The van der Waals surface area contributed by atoms with Crippen molar-refractivity contribution >= 4 is 5.97 Å². The highest BCUT2D eigenvalue weighted by atomic mass is 19.2. The summed E-state index contributed by atoms with van der Waals surface area (Å²) in [6, 6.07) is 1.83. The van der Waals surface area contributed by atoms with E-state index < -0.39 is 23.6 Å². The number of aliphatic carboxylic acids is 1. The van der Waals surface area contributed by atoms with Crippen LogP contribution in [0.4, 0.5) is 8.78 Å². The van der Waals surface area contributed by atoms with Gasteiger partial charge in [0.15, 0.2) is 11.6 Å². The molecule has 0 aliphatic rings. The molecule has 0 aliphatic heterocycles. The van der Waals surface area contributed by atoms with Crippen LogP contribution in [0.25, 0.3) is 0 Å². The molecular formula is C11H13F2NO3. The SMILES string of the molecule is CN(CCO)C(C(=O)O)c1ccc(F)c(F)c1. The third-order valence-electron chi connectivity index (χ3n) is 2.39. The van der Waals surface area contributed by atoms with E-state index in [0.29, 0.717) is 0 Å². The normalized spacial score (nSPS) is 12.8. The minimum absolute atomic E-state index is 0.121. The van der Waals surface area contributed by atoms with Gasteiger partial charge in [-0.15, -0.1) is 0 Å². The lowest BCUT2D eigenvalue weighted by atomic mass is 10.1. The van der Waals surface area contributed by atoms with Gasteiger partial charge in [-0.3, -0.25) is 9.69 Å². The highest BCUT2D eigenvalue weighted by Crippen LogP contribution is 2.21. The van der Waals surface area contributed by atoms with Gasteiger partial charge in [0.25, 0.3) is 0 Å². The Bertz CT molecular complexity index is 412. The summed E-state index contributed by atoms with van der Waals surface area (Å²) in [6.07, 6.45) is 0. The van der Waals surface area contributed by atoms with Crippen molar-refractivity contribution in [3.05, 3.63) is 35.4 Å². The quantitative estimate of drug-likeness (QED) is 0.813. The van der Waals surface area contributed by atoms with E-state index in [1.165, 1.54) is 18.0 Å². The molecule has 6 heteroatoms. The molecule has 0 saturated carbocycles. The van der Waals surface area contributed by atoms with Crippen LogP contribution < -0.4 is 0 Å². The second kappa shape index (κ2) is 5.70. The fourth-order valence-corrected chi connectivity index (χ4v) is 1.55. The Kier molecular flexibility index (Phi) is 4.53. The Morgan fingerprint density at radius 3 is 2.53 bits per heavy atom. The van der Waals surface area contributed by atoms with E-state index >= 15 is 0 Å². The van der Waals surface area contributed by atoms with E-state index in [1.807, 2.05) is 0 Å². The number of likely N-dealkylation sites (N-methyl/N-ethyl adjacent to an activating group) is 1. The minimum Gasteiger partial charge on any atom is -0.480 e.